The van der Waals surface area contributed by atoms with Crippen LogP contribution in [0.4, 0.5) is 0 Å². The SMILES string of the molecule is COc1cc(C=NC(C)C23CC4CC(CC(C4)C2)C3)ccc1OC(=O)CC(C)c1ccccc1. The van der Waals surface area contributed by atoms with Crippen molar-refractivity contribution in [2.75, 3.05) is 7.11 Å². The summed E-state index contributed by atoms with van der Waals surface area (Å²) < 4.78 is 11.2. The molecule has 2 atom stereocenters. The van der Waals surface area contributed by atoms with Crippen molar-refractivity contribution in [3.8, 4) is 11.5 Å². The van der Waals surface area contributed by atoms with Gasteiger partial charge in [0, 0.05) is 6.21 Å². The number of carbonyl (C=O) groups is 1. The van der Waals surface area contributed by atoms with Crippen LogP contribution in [0.15, 0.2) is 53.5 Å². The van der Waals surface area contributed by atoms with Crippen LogP contribution in [0.2, 0.25) is 0 Å². The summed E-state index contributed by atoms with van der Waals surface area (Å²) in [6, 6.07) is 16.1. The Kier molecular flexibility index (Phi) is 6.50. The van der Waals surface area contributed by atoms with Gasteiger partial charge in [-0.3, -0.25) is 9.79 Å². The molecule has 2 aromatic carbocycles. The predicted octanol–water partition coefficient (Wildman–Crippen LogP) is 6.82. The van der Waals surface area contributed by atoms with E-state index in [0.29, 0.717) is 29.4 Å². The molecular formula is C30H37NO3. The number of esters is 1. The van der Waals surface area contributed by atoms with Gasteiger partial charge >= 0.3 is 5.97 Å². The molecule has 0 saturated heterocycles. The molecule has 2 unspecified atom stereocenters. The molecule has 0 spiro atoms. The highest BCUT2D eigenvalue weighted by Gasteiger charge is 2.53. The Labute approximate surface area is 203 Å². The number of benzene rings is 2. The van der Waals surface area contributed by atoms with Crippen LogP contribution in [0.25, 0.3) is 0 Å². The normalized spacial score (nSPS) is 29.2. The van der Waals surface area contributed by atoms with Crippen LogP contribution in [0.3, 0.4) is 0 Å². The summed E-state index contributed by atoms with van der Waals surface area (Å²) in [5.41, 5.74) is 2.51. The molecule has 6 rings (SSSR count). The summed E-state index contributed by atoms with van der Waals surface area (Å²) in [4.78, 5) is 17.6. The molecule has 4 saturated carbocycles. The Morgan fingerprint density at radius 1 is 1.00 bits per heavy atom. The van der Waals surface area contributed by atoms with Crippen molar-refractivity contribution < 1.29 is 14.3 Å². The molecule has 4 heteroatoms. The maximum absolute atomic E-state index is 12.6. The van der Waals surface area contributed by atoms with Crippen LogP contribution in [0, 0.1) is 23.2 Å². The van der Waals surface area contributed by atoms with Gasteiger partial charge in [0.05, 0.1) is 19.6 Å². The van der Waals surface area contributed by atoms with Gasteiger partial charge < -0.3 is 9.47 Å². The monoisotopic (exact) mass is 459 g/mol. The van der Waals surface area contributed by atoms with Gasteiger partial charge in [0.1, 0.15) is 0 Å². The Balaban J connectivity index is 1.23. The van der Waals surface area contributed by atoms with Crippen LogP contribution in [-0.4, -0.2) is 25.3 Å². The quantitative estimate of drug-likeness (QED) is 0.247. The largest absolute Gasteiger partial charge is 0.493 e. The van der Waals surface area contributed by atoms with Crippen LogP contribution >= 0.6 is 0 Å². The molecule has 0 heterocycles. The van der Waals surface area contributed by atoms with E-state index in [1.165, 1.54) is 38.5 Å². The summed E-state index contributed by atoms with van der Waals surface area (Å²) in [5, 5.41) is 0. The van der Waals surface area contributed by atoms with Gasteiger partial charge in [-0.15, -0.1) is 0 Å². The lowest BCUT2D eigenvalue weighted by atomic mass is 9.48. The summed E-state index contributed by atoms with van der Waals surface area (Å²) >= 11 is 0. The van der Waals surface area contributed by atoms with Gasteiger partial charge in [0.2, 0.25) is 0 Å². The third-order valence-corrected chi connectivity index (χ3v) is 8.67. The lowest BCUT2D eigenvalue weighted by Crippen LogP contribution is -2.50. The van der Waals surface area contributed by atoms with Gasteiger partial charge in [-0.05, 0) is 104 Å². The van der Waals surface area contributed by atoms with E-state index in [1.54, 1.807) is 7.11 Å². The number of hydrogen-bond acceptors (Lipinski definition) is 4. The second-order valence-corrected chi connectivity index (χ2v) is 11.1. The fraction of sp³-hybridized carbons (Fsp3) is 0.533. The van der Waals surface area contributed by atoms with Gasteiger partial charge in [-0.1, -0.05) is 37.3 Å². The molecule has 0 aliphatic heterocycles. The number of ether oxygens (including phenoxy) is 2. The third-order valence-electron chi connectivity index (χ3n) is 8.67. The second kappa shape index (κ2) is 9.56. The zero-order valence-corrected chi connectivity index (χ0v) is 20.7. The molecule has 0 aromatic heterocycles. The molecule has 4 aliphatic rings. The summed E-state index contributed by atoms with van der Waals surface area (Å²) in [6.45, 7) is 4.35. The van der Waals surface area contributed by atoms with Crippen molar-refractivity contribution in [1.29, 1.82) is 0 Å². The van der Waals surface area contributed by atoms with Gasteiger partial charge in [-0.25, -0.2) is 0 Å². The van der Waals surface area contributed by atoms with Crippen molar-refractivity contribution in [1.82, 2.24) is 0 Å². The first-order chi connectivity index (χ1) is 16.4. The number of nitrogens with zero attached hydrogens (tertiary/aromatic N) is 1. The Bertz CT molecular complexity index is 1010. The van der Waals surface area contributed by atoms with Crippen molar-refractivity contribution >= 4 is 12.2 Å². The molecule has 4 nitrogen and oxygen atoms in total. The smallest absolute Gasteiger partial charge is 0.311 e. The van der Waals surface area contributed by atoms with E-state index in [4.69, 9.17) is 14.5 Å². The van der Waals surface area contributed by atoms with E-state index in [9.17, 15) is 4.79 Å². The minimum absolute atomic E-state index is 0.0946. The van der Waals surface area contributed by atoms with E-state index in [0.717, 1.165) is 28.9 Å². The number of hydrogen-bond donors (Lipinski definition) is 0. The maximum Gasteiger partial charge on any atom is 0.311 e. The standard InChI is InChI=1S/C30H37NO3/c1-20(26-7-5-4-6-8-26)11-29(32)34-27-10-9-22(15-28(27)33-3)19-31-21(2)30-16-23-12-24(17-30)14-25(13-23)18-30/h4-10,15,19-21,23-25H,11-14,16-18H2,1-3H3. The van der Waals surface area contributed by atoms with Crippen LogP contribution in [0.1, 0.15) is 75.8 Å². The van der Waals surface area contributed by atoms with Crippen molar-refractivity contribution in [2.45, 2.75) is 70.8 Å². The molecule has 34 heavy (non-hydrogen) atoms. The first kappa shape index (κ1) is 23.1. The summed E-state index contributed by atoms with van der Waals surface area (Å²) in [7, 11) is 1.61. The molecule has 180 valence electrons. The highest BCUT2D eigenvalue weighted by atomic mass is 16.6. The average molecular weight is 460 g/mol. The fourth-order valence-corrected chi connectivity index (χ4v) is 7.21. The van der Waals surface area contributed by atoms with Crippen molar-refractivity contribution in [3.05, 3.63) is 59.7 Å². The highest BCUT2D eigenvalue weighted by Crippen LogP contribution is 2.61. The molecule has 0 N–H and O–H groups in total. The van der Waals surface area contributed by atoms with E-state index < -0.39 is 0 Å². The van der Waals surface area contributed by atoms with Gasteiger partial charge in [0.15, 0.2) is 11.5 Å². The maximum atomic E-state index is 12.6. The van der Waals surface area contributed by atoms with Crippen LogP contribution < -0.4 is 9.47 Å². The fourth-order valence-electron chi connectivity index (χ4n) is 7.21. The zero-order valence-electron chi connectivity index (χ0n) is 20.7. The van der Waals surface area contributed by atoms with Gasteiger partial charge in [-0.2, -0.15) is 0 Å². The van der Waals surface area contributed by atoms with E-state index in [1.807, 2.05) is 61.7 Å². The first-order valence-corrected chi connectivity index (χ1v) is 12.9. The number of aliphatic imine (C=N–C) groups is 1. The average Bonchev–Trinajstić information content (AvgIpc) is 2.82. The molecule has 2 aromatic rings. The number of carbonyl (C=O) groups excluding carboxylic acids is 1. The van der Waals surface area contributed by atoms with E-state index in [-0.39, 0.29) is 11.9 Å². The van der Waals surface area contributed by atoms with E-state index >= 15 is 0 Å². The lowest BCUT2D eigenvalue weighted by molar-refractivity contribution is -0.134. The van der Waals surface area contributed by atoms with E-state index in [2.05, 4.69) is 6.92 Å². The lowest BCUT2D eigenvalue weighted by Gasteiger charge is -2.58. The minimum Gasteiger partial charge on any atom is -0.493 e. The topological polar surface area (TPSA) is 47.9 Å². The Morgan fingerprint density at radius 2 is 1.65 bits per heavy atom. The van der Waals surface area contributed by atoms with Crippen LogP contribution in [0.5, 0.6) is 11.5 Å². The third kappa shape index (κ3) is 4.78. The molecule has 4 bridgehead atoms. The molecule has 4 aliphatic carbocycles. The minimum atomic E-state index is -0.258. The Morgan fingerprint density at radius 3 is 2.26 bits per heavy atom. The first-order valence-electron chi connectivity index (χ1n) is 12.9. The Hall–Kier alpha value is -2.62. The number of methoxy groups -OCH3 is 1. The summed E-state index contributed by atoms with van der Waals surface area (Å²) in [6.07, 6.45) is 10.7. The van der Waals surface area contributed by atoms with Crippen molar-refractivity contribution in [2.24, 2.45) is 28.2 Å². The number of rotatable bonds is 8. The molecular weight excluding hydrogens is 422 g/mol. The predicted molar refractivity (Wildman–Crippen MR) is 136 cm³/mol. The van der Waals surface area contributed by atoms with Gasteiger partial charge in [0.25, 0.3) is 0 Å². The van der Waals surface area contributed by atoms with Crippen molar-refractivity contribution in [3.63, 3.8) is 0 Å². The van der Waals surface area contributed by atoms with Crippen LogP contribution in [-0.2, 0) is 4.79 Å². The molecule has 0 radical (unpaired) electrons. The molecule has 0 amide bonds. The molecule has 4 fully saturated rings. The zero-order chi connectivity index (χ0) is 23.7. The highest BCUT2D eigenvalue weighted by molar-refractivity contribution is 5.82. The summed E-state index contributed by atoms with van der Waals surface area (Å²) in [5.74, 6) is 3.66. The second-order valence-electron chi connectivity index (χ2n) is 11.1.